The Hall–Kier alpha value is -5.59. The first kappa shape index (κ1) is 39.2. The fourth-order valence-corrected chi connectivity index (χ4v) is 9.06. The quantitative estimate of drug-likeness (QED) is 0.230. The highest BCUT2D eigenvalue weighted by atomic mass is 35.5. The average molecular weight is 808 g/mol. The van der Waals surface area contributed by atoms with Crippen LogP contribution in [0.2, 0.25) is 5.02 Å². The standard InChI is InChI=1S/C42H46ClN9O6/c43-34-23-31(8-5-28(34)24-44)58-30-3-1-2-27(4-7-30)39(54)45-36-11-12-37(48-47-36)51-16-14-26(15-17-51)25-49-18-20-50(21-19-49)29-6-9-32-33(22-29)42(57)52(41(32)56)35-10-13-38(53)46-40(35)55/h5-6,8-9,11-12,22-23,26-27,30,35H,1-4,7,10,13-21,25H2,(H,45,47,54)(H,46,53,55)/t27-,30-,35?/m0/s1. The molecule has 1 aliphatic carbocycles. The fraction of sp³-hybridized carbons (Fsp3) is 0.476. The number of imide groups is 2. The van der Waals surface area contributed by atoms with Crippen molar-refractivity contribution in [3.8, 4) is 11.8 Å². The van der Waals surface area contributed by atoms with Gasteiger partial charge in [0.15, 0.2) is 11.6 Å². The molecule has 5 amide bonds. The van der Waals surface area contributed by atoms with E-state index in [1.807, 2.05) is 18.2 Å². The van der Waals surface area contributed by atoms with E-state index in [9.17, 15) is 24.0 Å². The number of carbonyl (C=O) groups is 5. The van der Waals surface area contributed by atoms with Gasteiger partial charge in [0, 0.05) is 69.9 Å². The highest BCUT2D eigenvalue weighted by Crippen LogP contribution is 2.33. The van der Waals surface area contributed by atoms with Crippen LogP contribution in [0.3, 0.4) is 0 Å². The number of nitriles is 1. The van der Waals surface area contributed by atoms with Crippen molar-refractivity contribution in [2.45, 2.75) is 69.9 Å². The van der Waals surface area contributed by atoms with Gasteiger partial charge in [-0.2, -0.15) is 5.26 Å². The van der Waals surface area contributed by atoms with E-state index in [-0.39, 0.29) is 36.3 Å². The Bertz CT molecular complexity index is 2130. The monoisotopic (exact) mass is 807 g/mol. The molecule has 0 radical (unpaired) electrons. The van der Waals surface area contributed by atoms with Crippen LogP contribution in [-0.4, -0.2) is 107 Å². The molecule has 1 aromatic heterocycles. The number of nitrogens with zero attached hydrogens (tertiary/aromatic N) is 7. The maximum Gasteiger partial charge on any atom is 0.262 e. The van der Waals surface area contributed by atoms with Gasteiger partial charge in [-0.05, 0) is 99.7 Å². The van der Waals surface area contributed by atoms with Crippen LogP contribution in [0.15, 0.2) is 48.5 Å². The number of hydrogen-bond donors (Lipinski definition) is 2. The number of rotatable bonds is 9. The van der Waals surface area contributed by atoms with Gasteiger partial charge in [-0.3, -0.25) is 39.1 Å². The van der Waals surface area contributed by atoms with E-state index in [4.69, 9.17) is 21.6 Å². The van der Waals surface area contributed by atoms with Crippen molar-refractivity contribution in [1.29, 1.82) is 5.26 Å². The number of hydrogen-bond acceptors (Lipinski definition) is 12. The largest absolute Gasteiger partial charge is 0.490 e. The molecule has 1 unspecified atom stereocenters. The number of amides is 5. The van der Waals surface area contributed by atoms with Crippen LogP contribution in [0.5, 0.6) is 5.75 Å². The summed E-state index contributed by atoms with van der Waals surface area (Å²) in [7, 11) is 0. The van der Waals surface area contributed by atoms with E-state index in [1.165, 1.54) is 0 Å². The maximum atomic E-state index is 13.3. The highest BCUT2D eigenvalue weighted by molar-refractivity contribution is 6.31. The number of anilines is 3. The molecule has 2 N–H and O–H groups in total. The minimum Gasteiger partial charge on any atom is -0.490 e. The topological polar surface area (TPSA) is 181 Å². The number of aromatic nitrogens is 2. The fourth-order valence-electron chi connectivity index (χ4n) is 8.84. The number of ether oxygens (including phenoxy) is 1. The van der Waals surface area contributed by atoms with Gasteiger partial charge < -0.3 is 19.9 Å². The van der Waals surface area contributed by atoms with Gasteiger partial charge in [0.1, 0.15) is 17.9 Å². The molecule has 3 saturated heterocycles. The van der Waals surface area contributed by atoms with E-state index in [0.717, 1.165) is 101 Å². The van der Waals surface area contributed by atoms with Crippen molar-refractivity contribution in [2.75, 3.05) is 60.9 Å². The molecular formula is C42H46ClN9O6. The lowest BCUT2D eigenvalue weighted by Gasteiger charge is -2.39. The number of halogens is 1. The number of fused-ring (bicyclic) bond motifs is 1. The normalized spacial score (nSPS) is 23.2. The molecule has 15 nitrogen and oxygen atoms in total. The first-order valence-electron chi connectivity index (χ1n) is 20.2. The Morgan fingerprint density at radius 1 is 0.845 bits per heavy atom. The Morgan fingerprint density at radius 3 is 2.36 bits per heavy atom. The van der Waals surface area contributed by atoms with Crippen LogP contribution in [0, 0.1) is 23.2 Å². The van der Waals surface area contributed by atoms with Gasteiger partial charge in [0.2, 0.25) is 17.7 Å². The zero-order valence-corrected chi connectivity index (χ0v) is 33.0. The molecule has 302 valence electrons. The van der Waals surface area contributed by atoms with Crippen molar-refractivity contribution in [2.24, 2.45) is 11.8 Å². The molecule has 8 rings (SSSR count). The van der Waals surface area contributed by atoms with Crippen molar-refractivity contribution in [1.82, 2.24) is 25.3 Å². The number of piperazine rings is 1. The molecule has 5 aliphatic rings. The first-order chi connectivity index (χ1) is 28.1. The minimum atomic E-state index is -0.977. The molecule has 0 bridgehead atoms. The minimum absolute atomic E-state index is 0.0237. The molecule has 3 atom stereocenters. The number of benzene rings is 2. The molecule has 58 heavy (non-hydrogen) atoms. The summed E-state index contributed by atoms with van der Waals surface area (Å²) >= 11 is 6.17. The Labute approximate surface area is 341 Å². The van der Waals surface area contributed by atoms with Gasteiger partial charge >= 0.3 is 0 Å². The number of carbonyl (C=O) groups excluding carboxylic acids is 5. The second-order valence-corrected chi connectivity index (χ2v) is 16.3. The SMILES string of the molecule is N#Cc1ccc(O[C@H]2CCC[C@H](C(=O)Nc3ccc(N4CCC(CN5CCN(c6ccc7c(c6)C(=O)N(C6CCC(=O)NC6=O)C7=O)CC5)CC4)nn3)CC2)cc1Cl. The maximum absolute atomic E-state index is 13.3. The zero-order chi connectivity index (χ0) is 40.3. The second-order valence-electron chi connectivity index (χ2n) is 15.9. The molecule has 4 aliphatic heterocycles. The van der Waals surface area contributed by atoms with Crippen LogP contribution in [0.4, 0.5) is 17.3 Å². The third kappa shape index (κ3) is 8.49. The van der Waals surface area contributed by atoms with Crippen LogP contribution in [-0.2, 0) is 14.4 Å². The Kier molecular flexibility index (Phi) is 11.6. The molecule has 3 aromatic rings. The van der Waals surface area contributed by atoms with Gasteiger partial charge in [0.05, 0.1) is 27.8 Å². The highest BCUT2D eigenvalue weighted by Gasteiger charge is 2.45. The number of piperidine rings is 2. The molecule has 4 fully saturated rings. The van der Waals surface area contributed by atoms with E-state index in [0.29, 0.717) is 40.1 Å². The zero-order valence-electron chi connectivity index (χ0n) is 32.2. The predicted molar refractivity (Wildman–Crippen MR) is 215 cm³/mol. The van der Waals surface area contributed by atoms with Gasteiger partial charge in [-0.1, -0.05) is 11.6 Å². The lowest BCUT2D eigenvalue weighted by atomic mass is 9.96. The van der Waals surface area contributed by atoms with E-state index >= 15 is 0 Å². The summed E-state index contributed by atoms with van der Waals surface area (Å²) in [6.07, 6.45) is 6.18. The van der Waals surface area contributed by atoms with Crippen molar-refractivity contribution < 1.29 is 28.7 Å². The third-order valence-corrected chi connectivity index (χ3v) is 12.5. The van der Waals surface area contributed by atoms with E-state index in [1.54, 1.807) is 30.3 Å². The summed E-state index contributed by atoms with van der Waals surface area (Å²) in [6.45, 7) is 6.11. The van der Waals surface area contributed by atoms with E-state index < -0.39 is 29.7 Å². The van der Waals surface area contributed by atoms with Crippen LogP contribution < -0.4 is 25.2 Å². The van der Waals surface area contributed by atoms with Gasteiger partial charge in [0.25, 0.3) is 11.8 Å². The summed E-state index contributed by atoms with van der Waals surface area (Å²) in [5, 5.41) is 23.5. The first-order valence-corrected chi connectivity index (χ1v) is 20.6. The van der Waals surface area contributed by atoms with Gasteiger partial charge in [-0.15, -0.1) is 10.2 Å². The summed E-state index contributed by atoms with van der Waals surface area (Å²) in [5.41, 5.74) is 1.88. The molecule has 16 heteroatoms. The average Bonchev–Trinajstić information content (AvgIpc) is 3.34. The summed E-state index contributed by atoms with van der Waals surface area (Å²) in [4.78, 5) is 71.6. The smallest absolute Gasteiger partial charge is 0.262 e. The van der Waals surface area contributed by atoms with Crippen molar-refractivity contribution in [3.63, 3.8) is 0 Å². The predicted octanol–water partition coefficient (Wildman–Crippen LogP) is 4.41. The Balaban J connectivity index is 0.758. The lowest BCUT2D eigenvalue weighted by Crippen LogP contribution is -2.54. The van der Waals surface area contributed by atoms with Crippen LogP contribution in [0.1, 0.15) is 84.1 Å². The summed E-state index contributed by atoms with van der Waals surface area (Å²) in [6, 6.07) is 15.2. The molecule has 1 saturated carbocycles. The lowest BCUT2D eigenvalue weighted by molar-refractivity contribution is -0.136. The molecule has 5 heterocycles. The number of nitrogens with one attached hydrogen (secondary N) is 2. The summed E-state index contributed by atoms with van der Waals surface area (Å²) < 4.78 is 6.14. The molecular weight excluding hydrogens is 762 g/mol. The van der Waals surface area contributed by atoms with Crippen LogP contribution in [0.25, 0.3) is 0 Å². The molecule has 0 spiro atoms. The molecule has 2 aromatic carbocycles. The van der Waals surface area contributed by atoms with Crippen molar-refractivity contribution >= 4 is 58.5 Å². The van der Waals surface area contributed by atoms with Gasteiger partial charge in [-0.25, -0.2) is 0 Å². The third-order valence-electron chi connectivity index (χ3n) is 12.2. The Morgan fingerprint density at radius 2 is 1.64 bits per heavy atom. The van der Waals surface area contributed by atoms with E-state index in [2.05, 4.69) is 41.6 Å². The van der Waals surface area contributed by atoms with Crippen molar-refractivity contribution in [3.05, 3.63) is 70.2 Å². The summed E-state index contributed by atoms with van der Waals surface area (Å²) in [5.74, 6) is 0.253. The second kappa shape index (κ2) is 17.1. The van der Waals surface area contributed by atoms with Crippen LogP contribution >= 0.6 is 11.6 Å².